The van der Waals surface area contributed by atoms with Gasteiger partial charge in [0.05, 0.1) is 0 Å². The van der Waals surface area contributed by atoms with E-state index in [1.54, 1.807) is 0 Å². The lowest BCUT2D eigenvalue weighted by Crippen LogP contribution is -2.55. The van der Waals surface area contributed by atoms with E-state index in [2.05, 4.69) is 55.2 Å². The molecule has 2 rings (SSSR count). The van der Waals surface area contributed by atoms with Crippen molar-refractivity contribution >= 4 is 0 Å². The molecule has 4 unspecified atom stereocenters. The molecule has 0 amide bonds. The van der Waals surface area contributed by atoms with E-state index in [1.165, 1.54) is 24.8 Å². The van der Waals surface area contributed by atoms with Gasteiger partial charge in [0.15, 0.2) is 0 Å². The highest BCUT2D eigenvalue weighted by molar-refractivity contribution is 5.10. The molecular weight excluding hydrogens is 258 g/mol. The number of nitrogens with zero attached hydrogens (tertiary/aromatic N) is 2. The van der Waals surface area contributed by atoms with E-state index in [-0.39, 0.29) is 0 Å². The van der Waals surface area contributed by atoms with Crippen LogP contribution >= 0.6 is 0 Å². The summed E-state index contributed by atoms with van der Waals surface area (Å²) in [4.78, 5) is 6.66. The molecule has 118 valence electrons. The third-order valence-corrected chi connectivity index (χ3v) is 4.77. The molecule has 0 bridgehead atoms. The zero-order valence-corrected chi connectivity index (χ0v) is 14.0. The Kier molecular flexibility index (Phi) is 6.19. The van der Waals surface area contributed by atoms with Gasteiger partial charge in [-0.05, 0) is 62.4 Å². The Hall–Kier alpha value is -0.930. The predicted octanol–water partition coefficient (Wildman–Crippen LogP) is 3.32. The van der Waals surface area contributed by atoms with Crippen LogP contribution in [0, 0.1) is 11.8 Å². The second-order valence-electron chi connectivity index (χ2n) is 6.88. The Morgan fingerprint density at radius 1 is 1.24 bits per heavy atom. The maximum atomic E-state index is 4.11. The molecule has 1 aromatic rings. The van der Waals surface area contributed by atoms with Gasteiger partial charge in [-0.2, -0.15) is 0 Å². The molecule has 0 spiro atoms. The number of hydrogen-bond donors (Lipinski definition) is 1. The summed E-state index contributed by atoms with van der Waals surface area (Å²) in [6.45, 7) is 9.21. The molecule has 3 heteroatoms. The van der Waals surface area contributed by atoms with Gasteiger partial charge < -0.3 is 5.32 Å². The number of hydrogen-bond acceptors (Lipinski definition) is 3. The number of aromatic nitrogens is 1. The lowest BCUT2D eigenvalue weighted by atomic mass is 9.76. The van der Waals surface area contributed by atoms with Crippen LogP contribution in [0.3, 0.4) is 0 Å². The van der Waals surface area contributed by atoms with Crippen LogP contribution < -0.4 is 5.32 Å². The number of likely N-dealkylation sites (N-methyl/N-ethyl adjacent to an activating group) is 1. The van der Waals surface area contributed by atoms with E-state index in [1.807, 2.05) is 12.4 Å². The van der Waals surface area contributed by atoms with Gasteiger partial charge in [-0.15, -0.1) is 0 Å². The molecule has 0 saturated heterocycles. The van der Waals surface area contributed by atoms with Crippen LogP contribution in [0.2, 0.25) is 0 Å². The summed E-state index contributed by atoms with van der Waals surface area (Å²) in [6, 6.07) is 5.50. The van der Waals surface area contributed by atoms with Crippen molar-refractivity contribution in [1.29, 1.82) is 0 Å². The van der Waals surface area contributed by atoms with Crippen LogP contribution in [0.15, 0.2) is 24.5 Å². The molecule has 1 fully saturated rings. The van der Waals surface area contributed by atoms with Gasteiger partial charge in [-0.3, -0.25) is 9.88 Å². The van der Waals surface area contributed by atoms with E-state index in [9.17, 15) is 0 Å². The highest BCUT2D eigenvalue weighted by Crippen LogP contribution is 2.32. The molecule has 21 heavy (non-hydrogen) atoms. The number of pyridine rings is 1. The zero-order chi connectivity index (χ0) is 15.2. The van der Waals surface area contributed by atoms with Crippen molar-refractivity contribution in [2.45, 2.75) is 58.7 Å². The lowest BCUT2D eigenvalue weighted by molar-refractivity contribution is 0.0754. The molecule has 1 aromatic heterocycles. The molecule has 1 N–H and O–H groups in total. The minimum Gasteiger partial charge on any atom is -0.312 e. The van der Waals surface area contributed by atoms with Crippen molar-refractivity contribution < 1.29 is 0 Å². The Morgan fingerprint density at radius 3 is 2.62 bits per heavy atom. The molecule has 1 aliphatic rings. The Balaban J connectivity index is 2.05. The topological polar surface area (TPSA) is 28.2 Å². The van der Waals surface area contributed by atoms with Crippen molar-refractivity contribution in [3.05, 3.63) is 30.1 Å². The molecule has 0 aromatic carbocycles. The smallest absolute Gasteiger partial charge is 0.0275 e. The summed E-state index contributed by atoms with van der Waals surface area (Å²) in [5, 5.41) is 3.79. The molecule has 3 nitrogen and oxygen atoms in total. The predicted molar refractivity (Wildman–Crippen MR) is 89.1 cm³/mol. The Morgan fingerprint density at radius 2 is 1.95 bits per heavy atom. The molecule has 0 radical (unpaired) electrons. The average Bonchev–Trinajstić information content (AvgIpc) is 2.45. The van der Waals surface area contributed by atoms with Gasteiger partial charge >= 0.3 is 0 Å². The first-order valence-corrected chi connectivity index (χ1v) is 8.44. The summed E-state index contributed by atoms with van der Waals surface area (Å²) in [7, 11) is 2.28. The fourth-order valence-corrected chi connectivity index (χ4v) is 4.00. The van der Waals surface area contributed by atoms with E-state index >= 15 is 0 Å². The summed E-state index contributed by atoms with van der Waals surface area (Å²) in [5.74, 6) is 1.58. The van der Waals surface area contributed by atoms with Crippen LogP contribution in [-0.2, 0) is 6.54 Å². The summed E-state index contributed by atoms with van der Waals surface area (Å²) in [5.41, 5.74) is 1.35. The van der Waals surface area contributed by atoms with Gasteiger partial charge in [0.2, 0.25) is 0 Å². The van der Waals surface area contributed by atoms with E-state index in [4.69, 9.17) is 0 Å². The molecule has 4 atom stereocenters. The van der Waals surface area contributed by atoms with Crippen LogP contribution in [0.1, 0.15) is 45.6 Å². The average molecular weight is 289 g/mol. The molecule has 1 heterocycles. The van der Waals surface area contributed by atoms with Gasteiger partial charge in [0, 0.05) is 31.0 Å². The van der Waals surface area contributed by atoms with Gasteiger partial charge in [0.1, 0.15) is 0 Å². The standard InChI is InChI=1S/C18H31N3/c1-5-8-20-17-12-14(2)11-15(3)18(17)21(4)13-16-6-9-19-10-7-16/h6-7,9-10,14-15,17-18,20H,5,8,11-13H2,1-4H3. The normalized spacial score (nSPS) is 29.8. The maximum absolute atomic E-state index is 4.11. The van der Waals surface area contributed by atoms with Crippen LogP contribution in [-0.4, -0.2) is 35.6 Å². The largest absolute Gasteiger partial charge is 0.312 e. The van der Waals surface area contributed by atoms with E-state index in [0.29, 0.717) is 12.1 Å². The van der Waals surface area contributed by atoms with E-state index in [0.717, 1.165) is 24.9 Å². The zero-order valence-electron chi connectivity index (χ0n) is 14.0. The first-order chi connectivity index (χ1) is 10.1. The Labute approximate surface area is 130 Å². The third kappa shape index (κ3) is 4.52. The fourth-order valence-electron chi connectivity index (χ4n) is 4.00. The first-order valence-electron chi connectivity index (χ1n) is 8.44. The van der Waals surface area contributed by atoms with Gasteiger partial charge in [0.25, 0.3) is 0 Å². The van der Waals surface area contributed by atoms with Crippen molar-refractivity contribution in [3.63, 3.8) is 0 Å². The van der Waals surface area contributed by atoms with Crippen LogP contribution in [0.4, 0.5) is 0 Å². The number of nitrogens with one attached hydrogen (secondary N) is 1. The molecule has 1 aliphatic carbocycles. The summed E-state index contributed by atoms with van der Waals surface area (Å²) in [6.07, 6.45) is 7.64. The summed E-state index contributed by atoms with van der Waals surface area (Å²) < 4.78 is 0. The van der Waals surface area contributed by atoms with Crippen molar-refractivity contribution in [2.75, 3.05) is 13.6 Å². The second kappa shape index (κ2) is 7.90. The monoisotopic (exact) mass is 289 g/mol. The number of rotatable bonds is 6. The minimum atomic E-state index is 0.621. The first kappa shape index (κ1) is 16.4. The Bertz CT molecular complexity index is 406. The van der Waals surface area contributed by atoms with Crippen LogP contribution in [0.25, 0.3) is 0 Å². The third-order valence-electron chi connectivity index (χ3n) is 4.77. The quantitative estimate of drug-likeness (QED) is 0.871. The highest BCUT2D eigenvalue weighted by atomic mass is 15.2. The highest BCUT2D eigenvalue weighted by Gasteiger charge is 2.35. The molecule has 1 saturated carbocycles. The van der Waals surface area contributed by atoms with Crippen molar-refractivity contribution in [3.8, 4) is 0 Å². The molecule has 0 aliphatic heterocycles. The second-order valence-corrected chi connectivity index (χ2v) is 6.88. The van der Waals surface area contributed by atoms with Crippen molar-refractivity contribution in [2.24, 2.45) is 11.8 Å². The molecular formula is C18H31N3. The maximum Gasteiger partial charge on any atom is 0.0275 e. The SMILES string of the molecule is CCCNC1CC(C)CC(C)C1N(C)Cc1ccncc1. The van der Waals surface area contributed by atoms with Crippen molar-refractivity contribution in [1.82, 2.24) is 15.2 Å². The van der Waals surface area contributed by atoms with Crippen LogP contribution in [0.5, 0.6) is 0 Å². The van der Waals surface area contributed by atoms with E-state index < -0.39 is 0 Å². The minimum absolute atomic E-state index is 0.621. The van der Waals surface area contributed by atoms with Gasteiger partial charge in [-0.25, -0.2) is 0 Å². The fraction of sp³-hybridized carbons (Fsp3) is 0.722. The van der Waals surface area contributed by atoms with Gasteiger partial charge in [-0.1, -0.05) is 20.8 Å². The lowest BCUT2D eigenvalue weighted by Gasteiger charge is -2.45. The summed E-state index contributed by atoms with van der Waals surface area (Å²) >= 11 is 0.